The number of pyridine rings is 1. The van der Waals surface area contributed by atoms with Crippen molar-refractivity contribution in [1.82, 2.24) is 29.5 Å². The van der Waals surface area contributed by atoms with E-state index in [4.69, 9.17) is 9.84 Å². The van der Waals surface area contributed by atoms with Crippen LogP contribution in [-0.4, -0.2) is 52.8 Å². The van der Waals surface area contributed by atoms with Gasteiger partial charge >= 0.3 is 0 Å². The summed E-state index contributed by atoms with van der Waals surface area (Å²) in [5.74, 6) is -0.304. The predicted octanol–water partition coefficient (Wildman–Crippen LogP) is 5.53. The van der Waals surface area contributed by atoms with Crippen molar-refractivity contribution in [2.45, 2.75) is 57.9 Å². The number of ether oxygens (including phenoxy) is 1. The lowest BCUT2D eigenvalue weighted by Gasteiger charge is -2.25. The highest BCUT2D eigenvalue weighted by atomic mass is 32.1. The number of aryl methyl sites for hydroxylation is 1. The summed E-state index contributed by atoms with van der Waals surface area (Å²) in [4.78, 5) is 22.2. The van der Waals surface area contributed by atoms with Gasteiger partial charge in [0.05, 0.1) is 22.5 Å². The van der Waals surface area contributed by atoms with Crippen LogP contribution in [0.3, 0.4) is 0 Å². The van der Waals surface area contributed by atoms with Gasteiger partial charge in [0.1, 0.15) is 10.7 Å². The van der Waals surface area contributed by atoms with Crippen molar-refractivity contribution in [2.24, 2.45) is 0 Å². The van der Waals surface area contributed by atoms with E-state index >= 15 is 0 Å². The average molecular weight is 558 g/mol. The van der Waals surface area contributed by atoms with Crippen molar-refractivity contribution >= 4 is 33.8 Å². The third-order valence-electron chi connectivity index (χ3n) is 6.91. The van der Waals surface area contributed by atoms with E-state index in [1.807, 2.05) is 45.9 Å². The Morgan fingerprint density at radius 2 is 2.15 bits per heavy atom. The number of fused-ring (bicyclic) bond motifs is 1. The summed E-state index contributed by atoms with van der Waals surface area (Å²) in [6.07, 6.45) is 10.5. The Hall–Kier alpha value is -3.93. The van der Waals surface area contributed by atoms with Gasteiger partial charge in [-0.15, -0.1) is 11.3 Å². The molecule has 40 heavy (non-hydrogen) atoms. The molecular weight excluding hydrogens is 526 g/mol. The number of hydrogen-bond acceptors (Lipinski definition) is 8. The minimum atomic E-state index is -0.795. The molecule has 0 saturated carbocycles. The molecule has 2 N–H and O–H groups in total. The summed E-state index contributed by atoms with van der Waals surface area (Å²) in [6, 6.07) is 9.61. The lowest BCUT2D eigenvalue weighted by molar-refractivity contribution is -0.0383. The highest BCUT2D eigenvalue weighted by Crippen LogP contribution is 2.36. The number of rotatable bonds is 8. The molecule has 4 aromatic heterocycles. The summed E-state index contributed by atoms with van der Waals surface area (Å²) in [6.45, 7) is 4.84. The van der Waals surface area contributed by atoms with Crippen LogP contribution in [0.15, 0.2) is 60.5 Å². The third-order valence-corrected chi connectivity index (χ3v) is 7.80. The van der Waals surface area contributed by atoms with Gasteiger partial charge < -0.3 is 15.2 Å². The number of anilines is 1. The summed E-state index contributed by atoms with van der Waals surface area (Å²) >= 11 is 1.40. The first-order valence-corrected chi connectivity index (χ1v) is 14.3. The van der Waals surface area contributed by atoms with Gasteiger partial charge in [0.2, 0.25) is 0 Å². The van der Waals surface area contributed by atoms with Crippen LogP contribution in [0, 0.1) is 0 Å². The van der Waals surface area contributed by atoms with Crippen LogP contribution in [-0.2, 0) is 11.3 Å². The fourth-order valence-electron chi connectivity index (χ4n) is 4.80. The Labute approximate surface area is 235 Å². The fourth-order valence-corrected chi connectivity index (χ4v) is 5.59. The lowest BCUT2D eigenvalue weighted by Crippen LogP contribution is -2.21. The van der Waals surface area contributed by atoms with Crippen LogP contribution in [0.2, 0.25) is 0 Å². The second-order valence-electron chi connectivity index (χ2n) is 10.6. The number of nitrogens with zero attached hydrogens (tertiary/aromatic N) is 6. The zero-order valence-electron chi connectivity index (χ0n) is 22.4. The molecule has 206 valence electrons. The van der Waals surface area contributed by atoms with E-state index in [9.17, 15) is 9.90 Å². The van der Waals surface area contributed by atoms with Crippen molar-refractivity contribution in [3.05, 3.63) is 66.2 Å². The molecule has 1 aliphatic heterocycles. The second-order valence-corrected chi connectivity index (χ2v) is 11.5. The normalized spacial score (nSPS) is 15.9. The molecule has 10 nitrogen and oxygen atoms in total. The SMILES string of the molecule is CC(C)(O)CCn1cc2cc(NC(=O)c3csc(-c4cccnc4)n3)c(-c3ccnn3C3CCCCO3)cc2n1. The molecule has 1 aromatic carbocycles. The minimum Gasteiger partial charge on any atom is -0.390 e. The maximum atomic E-state index is 13.4. The standard InChI is InChI=1S/C29H31N7O3S/c1-29(2,38)9-12-35-17-20-14-23(32-27(37)24-18-40-28(33-24)19-6-5-10-30-16-19)21(15-22(20)34-35)25-8-11-31-36(25)26-7-3-4-13-39-26/h5-6,8,10-11,14-18,26,38H,3-4,7,9,12-13H2,1-2H3,(H,32,37). The molecule has 0 radical (unpaired) electrons. The largest absolute Gasteiger partial charge is 0.390 e. The average Bonchev–Trinajstić information content (AvgIpc) is 3.72. The number of aliphatic hydroxyl groups is 1. The van der Waals surface area contributed by atoms with Crippen LogP contribution in [0.4, 0.5) is 5.69 Å². The van der Waals surface area contributed by atoms with E-state index in [0.29, 0.717) is 31.0 Å². The zero-order valence-corrected chi connectivity index (χ0v) is 23.3. The molecule has 0 aliphatic carbocycles. The smallest absolute Gasteiger partial charge is 0.275 e. The fraction of sp³-hybridized carbons (Fsp3) is 0.345. The van der Waals surface area contributed by atoms with Crippen molar-refractivity contribution in [3.8, 4) is 21.8 Å². The van der Waals surface area contributed by atoms with Gasteiger partial charge in [-0.05, 0) is 69.9 Å². The van der Waals surface area contributed by atoms with E-state index in [2.05, 4.69) is 20.4 Å². The molecule has 1 amide bonds. The van der Waals surface area contributed by atoms with Crippen molar-refractivity contribution < 1.29 is 14.6 Å². The van der Waals surface area contributed by atoms with Gasteiger partial charge in [-0.3, -0.25) is 14.5 Å². The monoisotopic (exact) mass is 557 g/mol. The summed E-state index contributed by atoms with van der Waals surface area (Å²) < 4.78 is 9.76. The number of amides is 1. The highest BCUT2D eigenvalue weighted by Gasteiger charge is 2.23. The molecule has 0 spiro atoms. The molecule has 1 atom stereocenters. The van der Waals surface area contributed by atoms with Crippen molar-refractivity contribution in [1.29, 1.82) is 0 Å². The summed E-state index contributed by atoms with van der Waals surface area (Å²) in [5.41, 5.74) is 3.45. The van der Waals surface area contributed by atoms with E-state index < -0.39 is 5.60 Å². The van der Waals surface area contributed by atoms with E-state index in [-0.39, 0.29) is 12.1 Å². The quantitative estimate of drug-likeness (QED) is 0.257. The topological polar surface area (TPSA) is 120 Å². The maximum Gasteiger partial charge on any atom is 0.275 e. The van der Waals surface area contributed by atoms with Gasteiger partial charge in [-0.25, -0.2) is 9.67 Å². The number of aromatic nitrogens is 6. The molecule has 1 aliphatic rings. The first kappa shape index (κ1) is 26.3. The summed E-state index contributed by atoms with van der Waals surface area (Å²) in [7, 11) is 0. The van der Waals surface area contributed by atoms with Crippen LogP contribution < -0.4 is 5.32 Å². The highest BCUT2D eigenvalue weighted by molar-refractivity contribution is 7.13. The molecule has 0 bridgehead atoms. The van der Waals surface area contributed by atoms with E-state index in [1.54, 1.807) is 37.8 Å². The van der Waals surface area contributed by atoms with Gasteiger partial charge in [0.15, 0.2) is 6.23 Å². The first-order chi connectivity index (χ1) is 19.3. The number of thiazole rings is 1. The molecule has 1 saturated heterocycles. The van der Waals surface area contributed by atoms with Gasteiger partial charge in [-0.2, -0.15) is 10.2 Å². The molecule has 5 aromatic rings. The van der Waals surface area contributed by atoms with E-state index in [1.165, 1.54) is 11.3 Å². The second kappa shape index (κ2) is 10.9. The Kier molecular flexibility index (Phi) is 7.18. The maximum absolute atomic E-state index is 13.4. The Bertz CT molecular complexity index is 1630. The van der Waals surface area contributed by atoms with Crippen molar-refractivity contribution in [2.75, 3.05) is 11.9 Å². The molecule has 5 heterocycles. The van der Waals surface area contributed by atoms with Gasteiger partial charge in [0, 0.05) is 59.8 Å². The number of carbonyl (C=O) groups is 1. The van der Waals surface area contributed by atoms with Crippen LogP contribution in [0.25, 0.3) is 32.7 Å². The van der Waals surface area contributed by atoms with Crippen LogP contribution >= 0.6 is 11.3 Å². The minimum absolute atomic E-state index is 0.164. The van der Waals surface area contributed by atoms with Crippen LogP contribution in [0.5, 0.6) is 0 Å². The Morgan fingerprint density at radius 1 is 1.25 bits per heavy atom. The number of nitrogens with one attached hydrogen (secondary N) is 1. The summed E-state index contributed by atoms with van der Waals surface area (Å²) in [5, 5.41) is 26.0. The third kappa shape index (κ3) is 5.67. The van der Waals surface area contributed by atoms with Gasteiger partial charge in [-0.1, -0.05) is 0 Å². The predicted molar refractivity (Wildman–Crippen MR) is 154 cm³/mol. The Morgan fingerprint density at radius 3 is 2.92 bits per heavy atom. The van der Waals surface area contributed by atoms with E-state index in [0.717, 1.165) is 52.0 Å². The number of hydrogen-bond donors (Lipinski definition) is 2. The molecule has 1 unspecified atom stereocenters. The first-order valence-electron chi connectivity index (χ1n) is 13.4. The molecule has 6 rings (SSSR count). The molecular formula is C29H31N7O3S. The van der Waals surface area contributed by atoms with Gasteiger partial charge in [0.25, 0.3) is 5.91 Å². The molecule has 11 heteroatoms. The lowest BCUT2D eigenvalue weighted by atomic mass is 10.1. The van der Waals surface area contributed by atoms with Crippen molar-refractivity contribution in [3.63, 3.8) is 0 Å². The Balaban J connectivity index is 1.37. The number of carbonyl (C=O) groups excluding carboxylic acids is 1. The zero-order chi connectivity index (χ0) is 27.7. The molecule has 1 fully saturated rings. The van der Waals surface area contributed by atoms with Crippen LogP contribution in [0.1, 0.15) is 56.2 Å². The number of benzene rings is 1.